The first-order valence-electron chi connectivity index (χ1n) is 8.22. The summed E-state index contributed by atoms with van der Waals surface area (Å²) in [6, 6.07) is 17.7. The number of amides is 1. The molecule has 3 rings (SSSR count). The number of hydrogen-bond acceptors (Lipinski definition) is 3. The number of carbonyl (C=O) groups excluding carboxylic acids is 2. The molecule has 4 nitrogen and oxygen atoms in total. The summed E-state index contributed by atoms with van der Waals surface area (Å²) in [7, 11) is 0. The summed E-state index contributed by atoms with van der Waals surface area (Å²) in [5.41, 5.74) is 2.95. The van der Waals surface area contributed by atoms with E-state index in [-0.39, 0.29) is 24.4 Å². The van der Waals surface area contributed by atoms with Crippen molar-refractivity contribution >= 4 is 17.6 Å². The lowest BCUT2D eigenvalue weighted by Gasteiger charge is -2.11. The van der Waals surface area contributed by atoms with E-state index in [1.165, 1.54) is 5.56 Å². The van der Waals surface area contributed by atoms with E-state index < -0.39 is 0 Å². The van der Waals surface area contributed by atoms with Crippen LogP contribution in [0.2, 0.25) is 0 Å². The van der Waals surface area contributed by atoms with Gasteiger partial charge in [-0.15, -0.1) is 0 Å². The van der Waals surface area contributed by atoms with Crippen LogP contribution in [0.4, 0.5) is 5.69 Å². The molecule has 1 saturated carbocycles. The fourth-order valence-electron chi connectivity index (χ4n) is 2.69. The molecule has 0 heterocycles. The third-order valence-corrected chi connectivity index (χ3v) is 4.29. The van der Waals surface area contributed by atoms with Crippen molar-refractivity contribution in [3.8, 4) is 0 Å². The van der Waals surface area contributed by atoms with Crippen LogP contribution in [-0.2, 0) is 20.7 Å². The van der Waals surface area contributed by atoms with Crippen molar-refractivity contribution in [2.75, 3.05) is 11.9 Å². The van der Waals surface area contributed by atoms with Crippen molar-refractivity contribution < 1.29 is 14.3 Å². The molecule has 4 heteroatoms. The van der Waals surface area contributed by atoms with Crippen molar-refractivity contribution in [3.63, 3.8) is 0 Å². The van der Waals surface area contributed by atoms with Gasteiger partial charge in [0.15, 0.2) is 6.61 Å². The minimum atomic E-state index is -0.308. The second-order valence-corrected chi connectivity index (χ2v) is 6.29. The van der Waals surface area contributed by atoms with Crippen LogP contribution < -0.4 is 5.32 Å². The van der Waals surface area contributed by atoms with E-state index in [2.05, 4.69) is 17.4 Å². The molecule has 2 aromatic rings. The van der Waals surface area contributed by atoms with Gasteiger partial charge in [0.1, 0.15) is 0 Å². The van der Waals surface area contributed by atoms with Gasteiger partial charge in [-0.3, -0.25) is 9.59 Å². The van der Waals surface area contributed by atoms with Crippen LogP contribution in [-0.4, -0.2) is 18.5 Å². The zero-order chi connectivity index (χ0) is 16.9. The highest BCUT2D eigenvalue weighted by Crippen LogP contribution is 2.38. The third kappa shape index (κ3) is 4.22. The Morgan fingerprint density at radius 3 is 2.46 bits per heavy atom. The highest BCUT2D eigenvalue weighted by atomic mass is 16.5. The maximum Gasteiger partial charge on any atom is 0.309 e. The van der Waals surface area contributed by atoms with Gasteiger partial charge >= 0.3 is 5.97 Å². The molecule has 1 N–H and O–H groups in total. The summed E-state index contributed by atoms with van der Waals surface area (Å²) >= 11 is 0. The first-order chi connectivity index (χ1) is 11.6. The van der Waals surface area contributed by atoms with Gasteiger partial charge in [0, 0.05) is 5.69 Å². The van der Waals surface area contributed by atoms with Crippen LogP contribution in [0.5, 0.6) is 0 Å². The molecule has 124 valence electrons. The van der Waals surface area contributed by atoms with Crippen LogP contribution in [0.25, 0.3) is 0 Å². The van der Waals surface area contributed by atoms with Crippen LogP contribution in [0.15, 0.2) is 54.6 Å². The highest BCUT2D eigenvalue weighted by molar-refractivity contribution is 5.93. The monoisotopic (exact) mass is 323 g/mol. The lowest BCUT2D eigenvalue weighted by atomic mass is 10.0. The third-order valence-electron chi connectivity index (χ3n) is 4.29. The van der Waals surface area contributed by atoms with Gasteiger partial charge < -0.3 is 10.1 Å². The first-order valence-corrected chi connectivity index (χ1v) is 8.22. The highest BCUT2D eigenvalue weighted by Gasteiger charge is 2.40. The van der Waals surface area contributed by atoms with Gasteiger partial charge in [0.05, 0.1) is 5.92 Å². The summed E-state index contributed by atoms with van der Waals surface area (Å²) in [6.45, 7) is 1.77. The van der Waals surface area contributed by atoms with Crippen LogP contribution in [0.3, 0.4) is 0 Å². The zero-order valence-corrected chi connectivity index (χ0v) is 13.7. The topological polar surface area (TPSA) is 55.4 Å². The second kappa shape index (κ2) is 7.30. The second-order valence-electron chi connectivity index (χ2n) is 6.29. The molecule has 0 aromatic heterocycles. The summed E-state index contributed by atoms with van der Waals surface area (Å²) < 4.78 is 5.08. The first kappa shape index (κ1) is 16.2. The number of rotatable bonds is 6. The molecular formula is C20H21NO3. The van der Waals surface area contributed by atoms with Gasteiger partial charge in [-0.1, -0.05) is 55.5 Å². The van der Waals surface area contributed by atoms with Gasteiger partial charge in [-0.05, 0) is 36.0 Å². The van der Waals surface area contributed by atoms with Gasteiger partial charge in [-0.2, -0.15) is 0 Å². The largest absolute Gasteiger partial charge is 0.455 e. The van der Waals surface area contributed by atoms with Crippen LogP contribution >= 0.6 is 0 Å². The minimum absolute atomic E-state index is 0.0248. The Morgan fingerprint density at radius 2 is 1.75 bits per heavy atom. The van der Waals surface area contributed by atoms with Gasteiger partial charge in [-0.25, -0.2) is 0 Å². The summed E-state index contributed by atoms with van der Waals surface area (Å²) in [4.78, 5) is 23.7. The van der Waals surface area contributed by atoms with E-state index in [1.54, 1.807) is 0 Å². The molecule has 1 amide bonds. The average Bonchev–Trinajstić information content (AvgIpc) is 3.32. The Bertz CT molecular complexity index is 727. The van der Waals surface area contributed by atoms with Crippen molar-refractivity contribution in [3.05, 3.63) is 65.7 Å². The lowest BCUT2D eigenvalue weighted by molar-refractivity contribution is -0.148. The zero-order valence-electron chi connectivity index (χ0n) is 13.7. The number of carbonyl (C=O) groups is 2. The number of nitrogens with one attached hydrogen (secondary N) is 1. The molecule has 0 radical (unpaired) electrons. The fraction of sp³-hybridized carbons (Fsp3) is 0.300. The molecule has 0 saturated heterocycles. The molecule has 2 atom stereocenters. The van der Waals surface area contributed by atoms with E-state index in [0.717, 1.165) is 24.1 Å². The molecule has 2 aromatic carbocycles. The normalized spacial score (nSPS) is 18.7. The van der Waals surface area contributed by atoms with Crippen molar-refractivity contribution in [2.45, 2.75) is 19.8 Å². The number of benzene rings is 2. The van der Waals surface area contributed by atoms with Crippen molar-refractivity contribution in [1.82, 2.24) is 0 Å². The Balaban J connectivity index is 1.58. The Hall–Kier alpha value is -2.62. The Kier molecular flexibility index (Phi) is 4.94. The standard InChI is InChI=1S/C20H21NO3/c1-14-11-17(14)20(23)24-13-19(22)21-18-10-6-5-9-16(18)12-15-7-3-2-4-8-15/h2-10,14,17H,11-13H2,1H3,(H,21,22)/t14-,17+/m0/s1. The molecule has 1 aliphatic rings. The molecule has 0 unspecified atom stereocenters. The molecule has 0 aliphatic heterocycles. The van der Waals surface area contributed by atoms with Crippen LogP contribution in [0.1, 0.15) is 24.5 Å². The number of anilines is 1. The Morgan fingerprint density at radius 1 is 1.08 bits per heavy atom. The van der Waals surface area contributed by atoms with E-state index >= 15 is 0 Å². The molecule has 0 bridgehead atoms. The minimum Gasteiger partial charge on any atom is -0.455 e. The maximum atomic E-state index is 12.1. The van der Waals surface area contributed by atoms with Crippen LogP contribution in [0, 0.1) is 11.8 Å². The van der Waals surface area contributed by atoms with Gasteiger partial charge in [0.2, 0.25) is 0 Å². The van der Waals surface area contributed by atoms with Crippen molar-refractivity contribution in [2.24, 2.45) is 11.8 Å². The molecule has 1 fully saturated rings. The fourth-order valence-corrected chi connectivity index (χ4v) is 2.69. The Labute approximate surface area is 141 Å². The molecule has 0 spiro atoms. The SMILES string of the molecule is C[C@H]1C[C@H]1C(=O)OCC(=O)Nc1ccccc1Cc1ccccc1. The summed E-state index contributed by atoms with van der Waals surface area (Å²) in [6.07, 6.45) is 1.59. The summed E-state index contributed by atoms with van der Waals surface area (Å²) in [5, 5.41) is 2.84. The quantitative estimate of drug-likeness (QED) is 0.829. The summed E-state index contributed by atoms with van der Waals surface area (Å²) in [5.74, 6) is -0.220. The van der Waals surface area contributed by atoms with E-state index in [0.29, 0.717) is 5.92 Å². The number of para-hydroxylation sites is 1. The smallest absolute Gasteiger partial charge is 0.309 e. The lowest BCUT2D eigenvalue weighted by Crippen LogP contribution is -2.22. The van der Waals surface area contributed by atoms with E-state index in [1.807, 2.05) is 49.4 Å². The average molecular weight is 323 g/mol. The number of ether oxygens (including phenoxy) is 1. The van der Waals surface area contributed by atoms with E-state index in [9.17, 15) is 9.59 Å². The predicted octanol–water partition coefficient (Wildman–Crippen LogP) is 3.42. The van der Waals surface area contributed by atoms with Gasteiger partial charge in [0.25, 0.3) is 5.91 Å². The number of esters is 1. The maximum absolute atomic E-state index is 12.1. The van der Waals surface area contributed by atoms with E-state index in [4.69, 9.17) is 4.74 Å². The number of hydrogen-bond donors (Lipinski definition) is 1. The molecule has 1 aliphatic carbocycles. The van der Waals surface area contributed by atoms with Crippen molar-refractivity contribution in [1.29, 1.82) is 0 Å². The predicted molar refractivity (Wildman–Crippen MR) is 92.5 cm³/mol. The molecule has 24 heavy (non-hydrogen) atoms. The molecular weight excluding hydrogens is 302 g/mol.